The van der Waals surface area contributed by atoms with E-state index in [0.717, 1.165) is 0 Å². The van der Waals surface area contributed by atoms with Crippen molar-refractivity contribution in [1.29, 1.82) is 0 Å². The molecule has 1 rings (SSSR count). The molecule has 0 radical (unpaired) electrons. The van der Waals surface area contributed by atoms with Crippen LogP contribution in [0.2, 0.25) is 5.02 Å². The van der Waals surface area contributed by atoms with Crippen LogP contribution < -0.4 is 16.2 Å². The summed E-state index contributed by atoms with van der Waals surface area (Å²) in [6.45, 7) is -0.0554. The van der Waals surface area contributed by atoms with Crippen molar-refractivity contribution in [3.63, 3.8) is 0 Å². The standard InChI is InChI=1S/C9H12ClN3O3S/c10-7-2-1-6(5-8(7)11)9(14)13-3-4-17(12,15)16/h1-2,5H,3-4,11H2,(H,13,14)(H2,12,15,16). The van der Waals surface area contributed by atoms with Gasteiger partial charge in [0, 0.05) is 12.1 Å². The minimum atomic E-state index is -3.58. The van der Waals surface area contributed by atoms with Crippen LogP contribution in [-0.2, 0) is 10.0 Å². The fourth-order valence-electron chi connectivity index (χ4n) is 1.09. The summed E-state index contributed by atoms with van der Waals surface area (Å²) in [5, 5.41) is 7.55. The van der Waals surface area contributed by atoms with E-state index in [4.69, 9.17) is 22.5 Å². The fourth-order valence-corrected chi connectivity index (χ4v) is 1.60. The predicted octanol–water partition coefficient (Wildman–Crippen LogP) is -0.0595. The Morgan fingerprint density at radius 1 is 1.41 bits per heavy atom. The van der Waals surface area contributed by atoms with E-state index >= 15 is 0 Å². The molecule has 6 nitrogen and oxygen atoms in total. The summed E-state index contributed by atoms with van der Waals surface area (Å²) in [5.41, 5.74) is 6.12. The van der Waals surface area contributed by atoms with Crippen LogP contribution in [-0.4, -0.2) is 26.6 Å². The molecule has 0 aliphatic rings. The molecule has 0 saturated carbocycles. The number of carbonyl (C=O) groups is 1. The Kier molecular flexibility index (Phi) is 4.33. The van der Waals surface area contributed by atoms with Crippen LogP contribution in [0.4, 0.5) is 5.69 Å². The highest BCUT2D eigenvalue weighted by atomic mass is 35.5. The number of primary sulfonamides is 1. The summed E-state index contributed by atoms with van der Waals surface area (Å²) in [6.07, 6.45) is 0. The number of benzene rings is 1. The third kappa shape index (κ3) is 4.59. The number of carbonyl (C=O) groups excluding carboxylic acids is 1. The number of anilines is 1. The Labute approximate surface area is 104 Å². The molecule has 1 aromatic carbocycles. The van der Waals surface area contributed by atoms with E-state index in [0.29, 0.717) is 10.6 Å². The maximum absolute atomic E-state index is 11.5. The van der Waals surface area contributed by atoms with Crippen LogP contribution >= 0.6 is 11.6 Å². The smallest absolute Gasteiger partial charge is 0.251 e. The van der Waals surface area contributed by atoms with Crippen molar-refractivity contribution in [2.75, 3.05) is 18.0 Å². The van der Waals surface area contributed by atoms with Crippen LogP contribution in [0, 0.1) is 0 Å². The van der Waals surface area contributed by atoms with Crippen LogP contribution in [0.5, 0.6) is 0 Å². The molecule has 1 aromatic rings. The van der Waals surface area contributed by atoms with Crippen LogP contribution in [0.3, 0.4) is 0 Å². The van der Waals surface area contributed by atoms with Gasteiger partial charge in [0.2, 0.25) is 10.0 Å². The molecular weight excluding hydrogens is 266 g/mol. The zero-order chi connectivity index (χ0) is 13.1. The number of nitrogens with one attached hydrogen (secondary N) is 1. The predicted molar refractivity (Wildman–Crippen MR) is 66.2 cm³/mol. The molecule has 0 aliphatic carbocycles. The van der Waals surface area contributed by atoms with Gasteiger partial charge in [0.15, 0.2) is 0 Å². The second-order valence-corrected chi connectivity index (χ2v) is 5.50. The summed E-state index contributed by atoms with van der Waals surface area (Å²) in [4.78, 5) is 11.5. The molecular formula is C9H12ClN3O3S. The molecule has 0 bridgehead atoms. The van der Waals surface area contributed by atoms with E-state index in [1.54, 1.807) is 0 Å². The van der Waals surface area contributed by atoms with Gasteiger partial charge in [-0.05, 0) is 18.2 Å². The lowest BCUT2D eigenvalue weighted by Crippen LogP contribution is -2.31. The molecule has 1 amide bonds. The fraction of sp³-hybridized carbons (Fsp3) is 0.222. The van der Waals surface area contributed by atoms with Crippen molar-refractivity contribution in [3.8, 4) is 0 Å². The van der Waals surface area contributed by atoms with Crippen molar-refractivity contribution in [1.82, 2.24) is 5.32 Å². The Balaban J connectivity index is 2.61. The lowest BCUT2D eigenvalue weighted by atomic mass is 10.2. The van der Waals surface area contributed by atoms with Gasteiger partial charge in [-0.25, -0.2) is 13.6 Å². The minimum absolute atomic E-state index is 0.0554. The van der Waals surface area contributed by atoms with Crippen molar-refractivity contribution in [2.24, 2.45) is 5.14 Å². The molecule has 0 heterocycles. The number of hydrogen-bond donors (Lipinski definition) is 3. The Bertz CT molecular complexity index is 530. The first-order chi connectivity index (χ1) is 7.79. The van der Waals surface area contributed by atoms with Gasteiger partial charge in [-0.2, -0.15) is 0 Å². The van der Waals surface area contributed by atoms with Gasteiger partial charge in [-0.1, -0.05) is 11.6 Å². The number of sulfonamides is 1. The largest absolute Gasteiger partial charge is 0.398 e. The molecule has 0 aromatic heterocycles. The van der Waals surface area contributed by atoms with E-state index in [1.807, 2.05) is 0 Å². The van der Waals surface area contributed by atoms with Gasteiger partial charge in [0.1, 0.15) is 0 Å². The SMILES string of the molecule is Nc1cc(C(=O)NCCS(N)(=O)=O)ccc1Cl. The maximum Gasteiger partial charge on any atom is 0.251 e. The Morgan fingerprint density at radius 2 is 2.06 bits per heavy atom. The molecule has 0 fully saturated rings. The molecule has 8 heteroatoms. The summed E-state index contributed by atoms with van der Waals surface area (Å²) in [5.74, 6) is -0.751. The topological polar surface area (TPSA) is 115 Å². The summed E-state index contributed by atoms with van der Waals surface area (Å²) in [6, 6.07) is 4.39. The number of rotatable bonds is 4. The highest BCUT2D eigenvalue weighted by Crippen LogP contribution is 2.19. The second-order valence-electron chi connectivity index (χ2n) is 3.36. The van der Waals surface area contributed by atoms with Crippen LogP contribution in [0.15, 0.2) is 18.2 Å². The van der Waals surface area contributed by atoms with E-state index in [9.17, 15) is 13.2 Å². The van der Waals surface area contributed by atoms with E-state index in [1.165, 1.54) is 18.2 Å². The highest BCUT2D eigenvalue weighted by Gasteiger charge is 2.08. The van der Waals surface area contributed by atoms with E-state index in [2.05, 4.69) is 5.32 Å². The molecule has 0 atom stereocenters. The Morgan fingerprint density at radius 3 is 2.59 bits per heavy atom. The summed E-state index contributed by atoms with van der Waals surface area (Å²) < 4.78 is 21.3. The van der Waals surface area contributed by atoms with Gasteiger partial charge in [-0.15, -0.1) is 0 Å². The van der Waals surface area contributed by atoms with Crippen molar-refractivity contribution in [3.05, 3.63) is 28.8 Å². The third-order valence-corrected chi connectivity index (χ3v) is 3.05. The molecule has 0 unspecified atom stereocenters. The first-order valence-corrected chi connectivity index (χ1v) is 6.72. The normalized spacial score (nSPS) is 11.2. The number of halogens is 1. The maximum atomic E-state index is 11.5. The number of amides is 1. The summed E-state index contributed by atoms with van der Waals surface area (Å²) in [7, 11) is -3.58. The van der Waals surface area contributed by atoms with Gasteiger partial charge in [0.05, 0.1) is 16.5 Å². The lowest BCUT2D eigenvalue weighted by Gasteiger charge is -2.05. The quantitative estimate of drug-likeness (QED) is 0.669. The zero-order valence-corrected chi connectivity index (χ0v) is 10.4. The summed E-state index contributed by atoms with van der Waals surface area (Å²) >= 11 is 5.70. The van der Waals surface area contributed by atoms with Crippen molar-refractivity contribution in [2.45, 2.75) is 0 Å². The van der Waals surface area contributed by atoms with Crippen LogP contribution in [0.1, 0.15) is 10.4 Å². The molecule has 0 aliphatic heterocycles. The molecule has 0 spiro atoms. The second kappa shape index (κ2) is 5.35. The van der Waals surface area contributed by atoms with Crippen LogP contribution in [0.25, 0.3) is 0 Å². The molecule has 94 valence electrons. The molecule has 5 N–H and O–H groups in total. The van der Waals surface area contributed by atoms with Gasteiger partial charge in [0.25, 0.3) is 5.91 Å². The minimum Gasteiger partial charge on any atom is -0.398 e. The first kappa shape index (κ1) is 13.8. The monoisotopic (exact) mass is 277 g/mol. The first-order valence-electron chi connectivity index (χ1n) is 4.63. The number of nitrogen functional groups attached to an aromatic ring is 1. The Hall–Kier alpha value is -1.31. The van der Waals surface area contributed by atoms with E-state index < -0.39 is 15.9 Å². The van der Waals surface area contributed by atoms with Gasteiger partial charge in [-0.3, -0.25) is 4.79 Å². The van der Waals surface area contributed by atoms with Crippen molar-refractivity contribution < 1.29 is 13.2 Å². The average Bonchev–Trinajstić information content (AvgIpc) is 2.20. The number of nitrogens with two attached hydrogens (primary N) is 2. The molecule has 17 heavy (non-hydrogen) atoms. The highest BCUT2D eigenvalue weighted by molar-refractivity contribution is 7.89. The van der Waals surface area contributed by atoms with Crippen molar-refractivity contribution >= 4 is 33.2 Å². The average molecular weight is 278 g/mol. The lowest BCUT2D eigenvalue weighted by molar-refractivity contribution is 0.0956. The molecule has 0 saturated heterocycles. The van der Waals surface area contributed by atoms with Gasteiger partial charge >= 0.3 is 0 Å². The number of hydrogen-bond acceptors (Lipinski definition) is 4. The zero-order valence-electron chi connectivity index (χ0n) is 8.81. The van der Waals surface area contributed by atoms with Gasteiger partial charge < -0.3 is 11.1 Å². The van der Waals surface area contributed by atoms with E-state index in [-0.39, 0.29) is 18.0 Å². The third-order valence-electron chi connectivity index (χ3n) is 1.93.